The molecule has 1 aromatic rings. The Balaban J connectivity index is 1.03. The van der Waals surface area contributed by atoms with Crippen molar-refractivity contribution in [2.24, 2.45) is 23.2 Å². The number of aryl methyl sites for hydroxylation is 1. The third-order valence-corrected chi connectivity index (χ3v) is 11.3. The van der Waals surface area contributed by atoms with Gasteiger partial charge >= 0.3 is 0 Å². The summed E-state index contributed by atoms with van der Waals surface area (Å²) in [6.07, 6.45) is 14.3. The van der Waals surface area contributed by atoms with Gasteiger partial charge < -0.3 is 9.64 Å². The van der Waals surface area contributed by atoms with Crippen molar-refractivity contribution < 1.29 is 9.53 Å². The van der Waals surface area contributed by atoms with Crippen LogP contribution in [0.4, 0.5) is 0 Å². The highest BCUT2D eigenvalue weighted by Gasteiger charge is 2.56. The van der Waals surface area contributed by atoms with Gasteiger partial charge in [0.2, 0.25) is 0 Å². The molecule has 6 rings (SSSR count). The van der Waals surface area contributed by atoms with Crippen LogP contribution >= 0.6 is 0 Å². The number of piperidine rings is 1. The normalized spacial score (nSPS) is 35.3. The number of carbonyl (C=O) groups is 1. The van der Waals surface area contributed by atoms with E-state index in [0.29, 0.717) is 17.1 Å². The molecule has 0 amide bonds. The van der Waals surface area contributed by atoms with E-state index in [9.17, 15) is 4.79 Å². The van der Waals surface area contributed by atoms with Crippen molar-refractivity contribution in [3.63, 3.8) is 0 Å². The zero-order valence-corrected chi connectivity index (χ0v) is 22.9. The lowest BCUT2D eigenvalue weighted by Crippen LogP contribution is -2.49. The molecule has 4 nitrogen and oxygen atoms in total. The number of hydrogen-bond acceptors (Lipinski definition) is 4. The Morgan fingerprint density at radius 2 is 1.83 bits per heavy atom. The summed E-state index contributed by atoms with van der Waals surface area (Å²) in [6, 6.07) is 7.92. The van der Waals surface area contributed by atoms with Crippen LogP contribution in [0.1, 0.15) is 95.1 Å². The van der Waals surface area contributed by atoms with Crippen molar-refractivity contribution in [1.29, 1.82) is 0 Å². The first kappa shape index (κ1) is 24.9. The van der Waals surface area contributed by atoms with Crippen LogP contribution in [-0.2, 0) is 11.2 Å². The second-order valence-corrected chi connectivity index (χ2v) is 13.1. The summed E-state index contributed by atoms with van der Waals surface area (Å²) < 4.78 is 6.23. The molecule has 2 saturated heterocycles. The van der Waals surface area contributed by atoms with Crippen LogP contribution in [0.25, 0.3) is 0 Å². The van der Waals surface area contributed by atoms with E-state index in [0.717, 1.165) is 75.0 Å². The number of ketones is 1. The highest BCUT2D eigenvalue weighted by Crippen LogP contribution is 2.62. The van der Waals surface area contributed by atoms with Gasteiger partial charge in [-0.25, -0.2) is 0 Å². The maximum Gasteiger partial charge on any atom is 0.133 e. The molecule has 0 unspecified atom stereocenters. The number of ether oxygens (including phenoxy) is 1. The first-order valence-corrected chi connectivity index (χ1v) is 15.3. The molecule has 5 atom stereocenters. The number of benzene rings is 1. The van der Waals surface area contributed by atoms with E-state index in [1.165, 1.54) is 64.5 Å². The Labute approximate surface area is 219 Å². The van der Waals surface area contributed by atoms with Crippen molar-refractivity contribution in [1.82, 2.24) is 9.80 Å². The zero-order valence-electron chi connectivity index (χ0n) is 22.9. The SMILES string of the molecule is CC(=O)C1CCN(CCCOc2ccc3c(c2)CC[C@@H]2[C@@H]3CC[C@]3(C)[C@@H](N4CCCC4)CC[C@@H]23)CC1. The first-order valence-electron chi connectivity index (χ1n) is 15.3. The molecule has 36 heavy (non-hydrogen) atoms. The summed E-state index contributed by atoms with van der Waals surface area (Å²) in [6.45, 7) is 11.1. The molecular formula is C32H48N2O2. The van der Waals surface area contributed by atoms with Crippen molar-refractivity contribution >= 4 is 5.78 Å². The fourth-order valence-corrected chi connectivity index (χ4v) is 9.32. The highest BCUT2D eigenvalue weighted by atomic mass is 16.5. The summed E-state index contributed by atoms with van der Waals surface area (Å²) >= 11 is 0. The quantitative estimate of drug-likeness (QED) is 0.432. The Bertz CT molecular complexity index is 932. The summed E-state index contributed by atoms with van der Waals surface area (Å²) in [4.78, 5) is 17.0. The number of nitrogens with zero attached hydrogens (tertiary/aromatic N) is 2. The number of fused-ring (bicyclic) bond motifs is 5. The van der Waals surface area contributed by atoms with Gasteiger partial charge in [0.15, 0.2) is 0 Å². The second-order valence-electron chi connectivity index (χ2n) is 13.1. The van der Waals surface area contributed by atoms with E-state index in [1.807, 2.05) is 0 Å². The van der Waals surface area contributed by atoms with Crippen LogP contribution in [0.2, 0.25) is 0 Å². The monoisotopic (exact) mass is 492 g/mol. The molecule has 198 valence electrons. The van der Waals surface area contributed by atoms with Gasteiger partial charge in [-0.1, -0.05) is 13.0 Å². The minimum atomic E-state index is 0.297. The Morgan fingerprint density at radius 1 is 1.03 bits per heavy atom. The van der Waals surface area contributed by atoms with E-state index < -0.39 is 0 Å². The first-order chi connectivity index (χ1) is 17.5. The third-order valence-electron chi connectivity index (χ3n) is 11.3. The summed E-state index contributed by atoms with van der Waals surface area (Å²) in [5.41, 5.74) is 3.77. The predicted molar refractivity (Wildman–Crippen MR) is 146 cm³/mol. The Hall–Kier alpha value is -1.39. The van der Waals surface area contributed by atoms with Crippen LogP contribution in [0.15, 0.2) is 18.2 Å². The molecule has 2 aliphatic heterocycles. The standard InChI is InChI=1S/C32H48N2O2/c1-23(35)24-13-19-33(20-14-24)16-5-21-36-26-7-9-27-25(22-26)6-8-29-28(27)12-15-32(2)30(29)10-11-31(32)34-17-3-4-18-34/h7,9,22,24,28-31H,3-6,8,10-21H2,1-2H3/t28-,29-,30+,31+,32+/m1/s1. The van der Waals surface area contributed by atoms with Gasteiger partial charge in [-0.05, 0) is 150 Å². The van der Waals surface area contributed by atoms with E-state index in [-0.39, 0.29) is 0 Å². The molecule has 2 saturated carbocycles. The van der Waals surface area contributed by atoms with Crippen LogP contribution < -0.4 is 4.74 Å². The lowest BCUT2D eigenvalue weighted by molar-refractivity contribution is -0.122. The molecule has 3 aliphatic carbocycles. The minimum Gasteiger partial charge on any atom is -0.494 e. The second kappa shape index (κ2) is 10.4. The van der Waals surface area contributed by atoms with Gasteiger partial charge in [-0.15, -0.1) is 0 Å². The predicted octanol–water partition coefficient (Wildman–Crippen LogP) is 6.08. The number of Topliss-reactive ketones (excluding diaryl/α,β-unsaturated/α-hetero) is 1. The van der Waals surface area contributed by atoms with Crippen LogP contribution in [0.3, 0.4) is 0 Å². The molecule has 1 aromatic carbocycles. The van der Waals surface area contributed by atoms with Crippen molar-refractivity contribution in [3.8, 4) is 5.75 Å². The number of rotatable bonds is 7. The smallest absolute Gasteiger partial charge is 0.133 e. The Kier molecular flexibility index (Phi) is 7.20. The third kappa shape index (κ3) is 4.66. The summed E-state index contributed by atoms with van der Waals surface area (Å²) in [7, 11) is 0. The van der Waals surface area contributed by atoms with E-state index >= 15 is 0 Å². The van der Waals surface area contributed by atoms with Crippen molar-refractivity contribution in [2.75, 3.05) is 39.3 Å². The number of carbonyl (C=O) groups excluding carboxylic acids is 1. The van der Waals surface area contributed by atoms with E-state index in [4.69, 9.17) is 4.74 Å². The highest BCUT2D eigenvalue weighted by molar-refractivity contribution is 5.78. The van der Waals surface area contributed by atoms with Gasteiger partial charge in [0, 0.05) is 18.5 Å². The Morgan fingerprint density at radius 3 is 2.61 bits per heavy atom. The molecule has 4 heteroatoms. The molecule has 5 aliphatic rings. The molecule has 0 N–H and O–H groups in total. The van der Waals surface area contributed by atoms with Gasteiger partial charge in [0.05, 0.1) is 6.61 Å². The van der Waals surface area contributed by atoms with Crippen molar-refractivity contribution in [2.45, 2.75) is 96.4 Å². The fraction of sp³-hybridized carbons (Fsp3) is 0.781. The van der Waals surface area contributed by atoms with Gasteiger partial charge in [-0.2, -0.15) is 0 Å². The molecule has 4 fully saturated rings. The van der Waals surface area contributed by atoms with E-state index in [2.05, 4.69) is 34.9 Å². The van der Waals surface area contributed by atoms with Crippen LogP contribution in [0.5, 0.6) is 5.75 Å². The molecule has 2 heterocycles. The average molecular weight is 493 g/mol. The van der Waals surface area contributed by atoms with Crippen LogP contribution in [0, 0.1) is 23.2 Å². The minimum absolute atomic E-state index is 0.297. The summed E-state index contributed by atoms with van der Waals surface area (Å²) in [5, 5.41) is 0. The molecule has 0 bridgehead atoms. The topological polar surface area (TPSA) is 32.8 Å². The molecule has 0 aromatic heterocycles. The largest absolute Gasteiger partial charge is 0.494 e. The average Bonchev–Trinajstić information content (AvgIpc) is 3.54. The zero-order chi connectivity index (χ0) is 24.7. The molecular weight excluding hydrogens is 444 g/mol. The van der Waals surface area contributed by atoms with Gasteiger partial charge in [0.25, 0.3) is 0 Å². The molecule has 0 radical (unpaired) electrons. The molecule has 0 spiro atoms. The summed E-state index contributed by atoms with van der Waals surface area (Å²) in [5.74, 6) is 4.32. The number of likely N-dealkylation sites (tertiary alicyclic amines) is 2. The lowest BCUT2D eigenvalue weighted by Gasteiger charge is -2.52. The van der Waals surface area contributed by atoms with Gasteiger partial charge in [0.1, 0.15) is 11.5 Å². The van der Waals surface area contributed by atoms with Crippen LogP contribution in [-0.4, -0.2) is 61.0 Å². The lowest BCUT2D eigenvalue weighted by atomic mass is 9.55. The fourth-order valence-electron chi connectivity index (χ4n) is 9.32. The number of hydrogen-bond donors (Lipinski definition) is 0. The maximum absolute atomic E-state index is 11.6. The van der Waals surface area contributed by atoms with E-state index in [1.54, 1.807) is 18.1 Å². The van der Waals surface area contributed by atoms with Gasteiger partial charge in [-0.3, -0.25) is 9.69 Å². The maximum atomic E-state index is 11.6. The van der Waals surface area contributed by atoms with Crippen molar-refractivity contribution in [3.05, 3.63) is 29.3 Å².